The lowest BCUT2D eigenvalue weighted by Gasteiger charge is -2.05. The van der Waals surface area contributed by atoms with Gasteiger partial charge in [-0.05, 0) is 28.1 Å². The van der Waals surface area contributed by atoms with Crippen LogP contribution in [0.4, 0.5) is 10.2 Å². The van der Waals surface area contributed by atoms with E-state index < -0.39 is 5.82 Å². The van der Waals surface area contributed by atoms with Gasteiger partial charge >= 0.3 is 0 Å². The average Bonchev–Trinajstić information content (AvgIpc) is 2.23. The molecule has 0 unspecified atom stereocenters. The molecule has 0 fully saturated rings. The molecule has 0 saturated carbocycles. The van der Waals surface area contributed by atoms with Crippen molar-refractivity contribution in [2.45, 2.75) is 0 Å². The Bertz CT molecular complexity index is 502. The zero-order chi connectivity index (χ0) is 10.8. The number of halogens is 2. The molecular weight excluding hydrogens is 261 g/mol. The molecule has 0 aliphatic heterocycles. The van der Waals surface area contributed by atoms with Crippen LogP contribution in [0.5, 0.6) is 0 Å². The average molecular weight is 268 g/mol. The number of hydrogen-bond acceptors (Lipinski definition) is 3. The fourth-order valence-electron chi connectivity index (χ4n) is 1.26. The smallest absolute Gasteiger partial charge is 0.149 e. The van der Waals surface area contributed by atoms with Crippen LogP contribution in [0, 0.1) is 5.82 Å². The third-order valence-corrected chi connectivity index (χ3v) is 2.38. The minimum absolute atomic E-state index is 0.295. The predicted octanol–water partition coefficient (Wildman–Crippen LogP) is 2.63. The first-order valence-corrected chi connectivity index (χ1v) is 4.98. The van der Waals surface area contributed by atoms with Crippen molar-refractivity contribution >= 4 is 21.7 Å². The highest BCUT2D eigenvalue weighted by atomic mass is 79.9. The first-order chi connectivity index (χ1) is 7.18. The van der Waals surface area contributed by atoms with E-state index >= 15 is 0 Å². The van der Waals surface area contributed by atoms with Crippen molar-refractivity contribution in [3.05, 3.63) is 41.0 Å². The number of nitrogens with two attached hydrogens (primary N) is 1. The molecule has 2 aromatic rings. The van der Waals surface area contributed by atoms with Crippen LogP contribution < -0.4 is 5.73 Å². The molecule has 0 aliphatic rings. The third-order valence-electron chi connectivity index (χ3n) is 1.95. The van der Waals surface area contributed by atoms with E-state index in [4.69, 9.17) is 5.73 Å². The Balaban J connectivity index is 2.64. The molecule has 3 nitrogen and oxygen atoms in total. The van der Waals surface area contributed by atoms with Gasteiger partial charge in [-0.3, -0.25) is 4.98 Å². The van der Waals surface area contributed by atoms with Crippen molar-refractivity contribution in [3.8, 4) is 11.1 Å². The maximum Gasteiger partial charge on any atom is 0.149 e. The number of rotatable bonds is 1. The molecule has 2 heterocycles. The van der Waals surface area contributed by atoms with E-state index in [1.807, 2.05) is 0 Å². The lowest BCUT2D eigenvalue weighted by Crippen LogP contribution is -1.95. The Labute approximate surface area is 94.3 Å². The third kappa shape index (κ3) is 1.97. The summed E-state index contributed by atoms with van der Waals surface area (Å²) in [6.45, 7) is 0. The summed E-state index contributed by atoms with van der Waals surface area (Å²) >= 11 is 3.26. The zero-order valence-corrected chi connectivity index (χ0v) is 9.20. The van der Waals surface area contributed by atoms with Crippen molar-refractivity contribution in [2.75, 3.05) is 5.73 Å². The van der Waals surface area contributed by atoms with Gasteiger partial charge in [0.1, 0.15) is 11.6 Å². The van der Waals surface area contributed by atoms with Crippen molar-refractivity contribution in [1.82, 2.24) is 9.97 Å². The summed E-state index contributed by atoms with van der Waals surface area (Å²) < 4.78 is 14.2. The fourth-order valence-corrected chi connectivity index (χ4v) is 1.59. The van der Waals surface area contributed by atoms with Crippen LogP contribution in [0.15, 0.2) is 35.2 Å². The molecule has 76 valence electrons. The van der Waals surface area contributed by atoms with Crippen LogP contribution in [-0.4, -0.2) is 9.97 Å². The largest absolute Gasteiger partial charge is 0.383 e. The summed E-state index contributed by atoms with van der Waals surface area (Å²) in [5.74, 6) is -0.118. The van der Waals surface area contributed by atoms with E-state index in [0.29, 0.717) is 16.9 Å². The molecule has 0 aromatic carbocycles. The molecule has 2 aromatic heterocycles. The maximum atomic E-state index is 13.4. The molecule has 0 aliphatic carbocycles. The standard InChI is InChI=1S/C10H7BrFN3/c11-6-3-8(10(13)15-4-6)7-1-2-14-5-9(7)12/h1-5H,(H2,13,15). The molecule has 2 N–H and O–H groups in total. The zero-order valence-electron chi connectivity index (χ0n) is 7.61. The van der Waals surface area contributed by atoms with Gasteiger partial charge in [0.15, 0.2) is 0 Å². The van der Waals surface area contributed by atoms with Gasteiger partial charge in [-0.2, -0.15) is 0 Å². The number of anilines is 1. The van der Waals surface area contributed by atoms with Crippen LogP contribution in [0.25, 0.3) is 11.1 Å². The maximum absolute atomic E-state index is 13.4. The first-order valence-electron chi connectivity index (χ1n) is 4.19. The molecule has 0 spiro atoms. The van der Waals surface area contributed by atoms with Gasteiger partial charge in [-0.15, -0.1) is 0 Å². The second-order valence-electron chi connectivity index (χ2n) is 2.94. The van der Waals surface area contributed by atoms with Gasteiger partial charge in [-0.25, -0.2) is 9.37 Å². The quantitative estimate of drug-likeness (QED) is 0.864. The second-order valence-corrected chi connectivity index (χ2v) is 3.86. The highest BCUT2D eigenvalue weighted by molar-refractivity contribution is 9.10. The predicted molar refractivity (Wildman–Crippen MR) is 59.5 cm³/mol. The minimum Gasteiger partial charge on any atom is -0.383 e. The van der Waals surface area contributed by atoms with Crippen LogP contribution in [0.3, 0.4) is 0 Å². The van der Waals surface area contributed by atoms with E-state index in [0.717, 1.165) is 10.7 Å². The van der Waals surface area contributed by atoms with Gasteiger partial charge in [-0.1, -0.05) is 0 Å². The highest BCUT2D eigenvalue weighted by Crippen LogP contribution is 2.28. The van der Waals surface area contributed by atoms with Crippen LogP contribution in [-0.2, 0) is 0 Å². The van der Waals surface area contributed by atoms with Crippen LogP contribution in [0.2, 0.25) is 0 Å². The van der Waals surface area contributed by atoms with E-state index in [-0.39, 0.29) is 0 Å². The molecule has 5 heteroatoms. The monoisotopic (exact) mass is 267 g/mol. The molecule has 2 rings (SSSR count). The summed E-state index contributed by atoms with van der Waals surface area (Å²) in [5, 5.41) is 0. The van der Waals surface area contributed by atoms with Crippen molar-refractivity contribution in [3.63, 3.8) is 0 Å². The van der Waals surface area contributed by atoms with Crippen LogP contribution >= 0.6 is 15.9 Å². The fraction of sp³-hybridized carbons (Fsp3) is 0. The molecule has 0 bridgehead atoms. The Morgan fingerprint density at radius 1 is 1.27 bits per heavy atom. The molecule has 0 radical (unpaired) electrons. The molecule has 0 atom stereocenters. The Morgan fingerprint density at radius 2 is 2.07 bits per heavy atom. The number of nitrogen functional groups attached to an aromatic ring is 1. The second kappa shape index (κ2) is 3.94. The summed E-state index contributed by atoms with van der Waals surface area (Å²) in [7, 11) is 0. The van der Waals surface area contributed by atoms with Gasteiger partial charge in [0, 0.05) is 28.0 Å². The van der Waals surface area contributed by atoms with Crippen molar-refractivity contribution in [2.24, 2.45) is 0 Å². The van der Waals surface area contributed by atoms with E-state index in [1.54, 1.807) is 18.3 Å². The number of hydrogen-bond donors (Lipinski definition) is 1. The van der Waals surface area contributed by atoms with Gasteiger partial charge in [0.2, 0.25) is 0 Å². The lowest BCUT2D eigenvalue weighted by molar-refractivity contribution is 0.625. The number of pyridine rings is 2. The first kappa shape index (κ1) is 10.0. The number of nitrogens with zero attached hydrogens (tertiary/aromatic N) is 2. The Kier molecular flexibility index (Phi) is 2.64. The normalized spacial score (nSPS) is 10.3. The van der Waals surface area contributed by atoms with Crippen molar-refractivity contribution < 1.29 is 4.39 Å². The minimum atomic E-state index is -0.413. The van der Waals surface area contributed by atoms with E-state index in [9.17, 15) is 4.39 Å². The van der Waals surface area contributed by atoms with Crippen molar-refractivity contribution in [1.29, 1.82) is 0 Å². The highest BCUT2D eigenvalue weighted by Gasteiger charge is 2.09. The molecule has 15 heavy (non-hydrogen) atoms. The summed E-state index contributed by atoms with van der Waals surface area (Å²) in [6, 6.07) is 3.29. The summed E-state index contributed by atoms with van der Waals surface area (Å²) in [6.07, 6.45) is 4.23. The van der Waals surface area contributed by atoms with Crippen LogP contribution in [0.1, 0.15) is 0 Å². The summed E-state index contributed by atoms with van der Waals surface area (Å²) in [5.41, 5.74) is 6.63. The Hall–Kier alpha value is -1.49. The SMILES string of the molecule is Nc1ncc(Br)cc1-c1ccncc1F. The lowest BCUT2D eigenvalue weighted by atomic mass is 10.1. The van der Waals surface area contributed by atoms with Gasteiger partial charge in [0.25, 0.3) is 0 Å². The number of aromatic nitrogens is 2. The summed E-state index contributed by atoms with van der Waals surface area (Å²) in [4.78, 5) is 7.61. The topological polar surface area (TPSA) is 51.8 Å². The molecule has 0 saturated heterocycles. The van der Waals surface area contributed by atoms with Gasteiger partial charge < -0.3 is 5.73 Å². The van der Waals surface area contributed by atoms with E-state index in [2.05, 4.69) is 25.9 Å². The van der Waals surface area contributed by atoms with Gasteiger partial charge in [0.05, 0.1) is 6.20 Å². The molecular formula is C10H7BrFN3. The van der Waals surface area contributed by atoms with E-state index in [1.165, 1.54) is 6.20 Å². The Morgan fingerprint density at radius 3 is 2.80 bits per heavy atom. The molecule has 0 amide bonds.